The van der Waals surface area contributed by atoms with Crippen LogP contribution in [0.5, 0.6) is 5.88 Å². The number of hydrogen-bond donors (Lipinski definition) is 0. The molecule has 4 heteroatoms. The Balaban J connectivity index is 2.39. The fraction of sp³-hybridized carbons (Fsp3) is 0.455. The molecule has 0 radical (unpaired) electrons. The lowest BCUT2D eigenvalue weighted by molar-refractivity contribution is 0.101. The van der Waals surface area contributed by atoms with Crippen LogP contribution in [0.25, 0.3) is 0 Å². The number of carbonyl (C=O) groups is 1. The maximum atomic E-state index is 11.0. The van der Waals surface area contributed by atoms with Crippen molar-refractivity contribution in [3.8, 4) is 5.88 Å². The molecular formula is C11H15NO3. The van der Waals surface area contributed by atoms with Crippen molar-refractivity contribution in [2.45, 2.75) is 13.3 Å². The minimum atomic E-state index is 0.00781. The summed E-state index contributed by atoms with van der Waals surface area (Å²) in [5.74, 6) is 0.546. The summed E-state index contributed by atoms with van der Waals surface area (Å²) < 4.78 is 10.2. The fourth-order valence-electron chi connectivity index (χ4n) is 1.05. The summed E-state index contributed by atoms with van der Waals surface area (Å²) in [6.07, 6.45) is 2.35. The maximum absolute atomic E-state index is 11.0. The largest absolute Gasteiger partial charge is 0.478 e. The number of hydrogen-bond acceptors (Lipinski definition) is 4. The number of nitrogens with zero attached hydrogens (tertiary/aromatic N) is 1. The molecule has 0 amide bonds. The summed E-state index contributed by atoms with van der Waals surface area (Å²) in [5, 5.41) is 0. The van der Waals surface area contributed by atoms with Gasteiger partial charge in [-0.15, -0.1) is 0 Å². The number of aromatic nitrogens is 1. The van der Waals surface area contributed by atoms with E-state index in [1.165, 1.54) is 13.1 Å². The summed E-state index contributed by atoms with van der Waals surface area (Å²) in [4.78, 5) is 15.0. The van der Waals surface area contributed by atoms with Crippen LogP contribution in [0, 0.1) is 0 Å². The average Bonchev–Trinajstić information content (AvgIpc) is 2.25. The van der Waals surface area contributed by atoms with E-state index in [0.717, 1.165) is 6.42 Å². The lowest BCUT2D eigenvalue weighted by atomic mass is 10.2. The molecule has 4 nitrogen and oxygen atoms in total. The molecule has 0 aliphatic heterocycles. The van der Waals surface area contributed by atoms with E-state index in [2.05, 4.69) is 4.98 Å². The topological polar surface area (TPSA) is 48.4 Å². The van der Waals surface area contributed by atoms with Crippen LogP contribution in [0.1, 0.15) is 23.7 Å². The van der Waals surface area contributed by atoms with Crippen LogP contribution in [0.15, 0.2) is 18.3 Å². The second-order valence-electron chi connectivity index (χ2n) is 3.14. The van der Waals surface area contributed by atoms with Gasteiger partial charge in [0.25, 0.3) is 0 Å². The van der Waals surface area contributed by atoms with Gasteiger partial charge in [0.15, 0.2) is 5.78 Å². The Morgan fingerprint density at radius 3 is 2.73 bits per heavy atom. The van der Waals surface area contributed by atoms with Gasteiger partial charge in [0, 0.05) is 38.0 Å². The first-order chi connectivity index (χ1) is 7.24. The molecule has 0 bridgehead atoms. The Morgan fingerprint density at radius 2 is 2.20 bits per heavy atom. The standard InChI is InChI=1S/C11H15NO3/c1-9(13)10-4-5-11(12-8-10)15-7-3-6-14-2/h4-5,8H,3,6-7H2,1-2H3. The van der Waals surface area contributed by atoms with Crippen LogP contribution in [0.4, 0.5) is 0 Å². The third-order valence-corrected chi connectivity index (χ3v) is 1.89. The molecule has 0 spiro atoms. The summed E-state index contributed by atoms with van der Waals surface area (Å²) in [6, 6.07) is 3.41. The van der Waals surface area contributed by atoms with Crippen molar-refractivity contribution in [3.63, 3.8) is 0 Å². The van der Waals surface area contributed by atoms with Gasteiger partial charge in [0.1, 0.15) is 0 Å². The Morgan fingerprint density at radius 1 is 1.40 bits per heavy atom. The second kappa shape index (κ2) is 6.14. The molecular weight excluding hydrogens is 194 g/mol. The van der Waals surface area contributed by atoms with Crippen molar-refractivity contribution >= 4 is 5.78 Å². The Labute approximate surface area is 89.2 Å². The Bertz CT molecular complexity index is 308. The zero-order valence-corrected chi connectivity index (χ0v) is 9.03. The zero-order valence-electron chi connectivity index (χ0n) is 9.03. The van der Waals surface area contributed by atoms with E-state index in [1.54, 1.807) is 19.2 Å². The SMILES string of the molecule is COCCCOc1ccc(C(C)=O)cn1. The normalized spacial score (nSPS) is 10.0. The number of ether oxygens (including phenoxy) is 2. The van der Waals surface area contributed by atoms with Gasteiger partial charge in [-0.05, 0) is 13.0 Å². The van der Waals surface area contributed by atoms with Crippen molar-refractivity contribution < 1.29 is 14.3 Å². The van der Waals surface area contributed by atoms with Gasteiger partial charge in [-0.2, -0.15) is 0 Å². The molecule has 0 unspecified atom stereocenters. The summed E-state index contributed by atoms with van der Waals surface area (Å²) in [7, 11) is 1.65. The van der Waals surface area contributed by atoms with Gasteiger partial charge < -0.3 is 9.47 Å². The van der Waals surface area contributed by atoms with E-state index >= 15 is 0 Å². The predicted molar refractivity (Wildman–Crippen MR) is 56.2 cm³/mol. The van der Waals surface area contributed by atoms with E-state index in [-0.39, 0.29) is 5.78 Å². The third-order valence-electron chi connectivity index (χ3n) is 1.89. The highest BCUT2D eigenvalue weighted by Crippen LogP contribution is 2.08. The number of methoxy groups -OCH3 is 1. The number of pyridine rings is 1. The third kappa shape index (κ3) is 4.08. The molecule has 0 aliphatic carbocycles. The summed E-state index contributed by atoms with van der Waals surface area (Å²) >= 11 is 0. The highest BCUT2D eigenvalue weighted by atomic mass is 16.5. The molecule has 1 aromatic heterocycles. The van der Waals surface area contributed by atoms with Crippen LogP contribution in [-0.4, -0.2) is 31.1 Å². The van der Waals surface area contributed by atoms with Gasteiger partial charge in [0.2, 0.25) is 5.88 Å². The van der Waals surface area contributed by atoms with E-state index in [0.29, 0.717) is 24.7 Å². The monoisotopic (exact) mass is 209 g/mol. The zero-order chi connectivity index (χ0) is 11.1. The van der Waals surface area contributed by atoms with Crippen LogP contribution >= 0.6 is 0 Å². The van der Waals surface area contributed by atoms with Gasteiger partial charge in [-0.3, -0.25) is 4.79 Å². The van der Waals surface area contributed by atoms with E-state index in [4.69, 9.17) is 9.47 Å². The van der Waals surface area contributed by atoms with Crippen molar-refractivity contribution in [2.24, 2.45) is 0 Å². The van der Waals surface area contributed by atoms with Crippen molar-refractivity contribution in [1.29, 1.82) is 0 Å². The highest BCUT2D eigenvalue weighted by molar-refractivity contribution is 5.93. The molecule has 0 saturated carbocycles. The molecule has 0 N–H and O–H groups in total. The smallest absolute Gasteiger partial charge is 0.213 e. The van der Waals surface area contributed by atoms with E-state index in [9.17, 15) is 4.79 Å². The van der Waals surface area contributed by atoms with Crippen molar-refractivity contribution in [3.05, 3.63) is 23.9 Å². The molecule has 1 rings (SSSR count). The van der Waals surface area contributed by atoms with Crippen LogP contribution < -0.4 is 4.74 Å². The number of rotatable bonds is 6. The van der Waals surface area contributed by atoms with Crippen LogP contribution in [0.2, 0.25) is 0 Å². The van der Waals surface area contributed by atoms with Crippen LogP contribution in [-0.2, 0) is 4.74 Å². The first-order valence-corrected chi connectivity index (χ1v) is 4.83. The van der Waals surface area contributed by atoms with Gasteiger partial charge in [-0.1, -0.05) is 0 Å². The van der Waals surface area contributed by atoms with Gasteiger partial charge in [0.05, 0.1) is 6.61 Å². The Kier molecular flexibility index (Phi) is 4.77. The Hall–Kier alpha value is -1.42. The number of Topliss-reactive ketones (excluding diaryl/α,β-unsaturated/α-hetero) is 1. The molecule has 0 fully saturated rings. The maximum Gasteiger partial charge on any atom is 0.213 e. The lowest BCUT2D eigenvalue weighted by Crippen LogP contribution is -2.03. The van der Waals surface area contributed by atoms with Crippen LogP contribution in [0.3, 0.4) is 0 Å². The average molecular weight is 209 g/mol. The number of carbonyl (C=O) groups excluding carboxylic acids is 1. The molecule has 15 heavy (non-hydrogen) atoms. The second-order valence-corrected chi connectivity index (χ2v) is 3.14. The lowest BCUT2D eigenvalue weighted by Gasteiger charge is -2.04. The minimum Gasteiger partial charge on any atom is -0.478 e. The quantitative estimate of drug-likeness (QED) is 0.528. The molecule has 82 valence electrons. The highest BCUT2D eigenvalue weighted by Gasteiger charge is 2.00. The molecule has 1 heterocycles. The number of ketones is 1. The van der Waals surface area contributed by atoms with E-state index in [1.807, 2.05) is 0 Å². The first kappa shape index (κ1) is 11.7. The van der Waals surface area contributed by atoms with Gasteiger partial charge in [-0.25, -0.2) is 4.98 Å². The molecule has 0 aromatic carbocycles. The molecule has 1 aromatic rings. The fourth-order valence-corrected chi connectivity index (χ4v) is 1.05. The minimum absolute atomic E-state index is 0.00781. The molecule has 0 atom stereocenters. The first-order valence-electron chi connectivity index (χ1n) is 4.83. The molecule has 0 saturated heterocycles. The summed E-state index contributed by atoms with van der Waals surface area (Å²) in [5.41, 5.74) is 0.597. The van der Waals surface area contributed by atoms with Gasteiger partial charge >= 0.3 is 0 Å². The summed E-state index contributed by atoms with van der Waals surface area (Å²) in [6.45, 7) is 2.75. The predicted octanol–water partition coefficient (Wildman–Crippen LogP) is 1.70. The molecule has 0 aliphatic rings. The van der Waals surface area contributed by atoms with E-state index < -0.39 is 0 Å². The van der Waals surface area contributed by atoms with Crippen molar-refractivity contribution in [1.82, 2.24) is 4.98 Å². The van der Waals surface area contributed by atoms with Crippen molar-refractivity contribution in [2.75, 3.05) is 20.3 Å².